The molecule has 0 radical (unpaired) electrons. The van der Waals surface area contributed by atoms with Crippen molar-refractivity contribution < 1.29 is 4.79 Å². The van der Waals surface area contributed by atoms with E-state index in [1.165, 1.54) is 25.3 Å². The van der Waals surface area contributed by atoms with E-state index in [2.05, 4.69) is 17.2 Å². The molecule has 142 valence electrons. The molecule has 1 aromatic carbocycles. The van der Waals surface area contributed by atoms with Gasteiger partial charge in [0.2, 0.25) is 5.91 Å². The summed E-state index contributed by atoms with van der Waals surface area (Å²) in [6.07, 6.45) is 4.62. The monoisotopic (exact) mass is 366 g/mol. The molecule has 1 saturated carbocycles. The lowest BCUT2D eigenvalue weighted by Crippen LogP contribution is -2.44. The molecular formula is C21H26N4O2. The van der Waals surface area contributed by atoms with Crippen LogP contribution in [-0.2, 0) is 4.79 Å². The van der Waals surface area contributed by atoms with E-state index >= 15 is 0 Å². The van der Waals surface area contributed by atoms with Crippen molar-refractivity contribution in [2.75, 3.05) is 0 Å². The van der Waals surface area contributed by atoms with Gasteiger partial charge in [-0.25, -0.2) is 4.52 Å². The number of rotatable bonds is 3. The van der Waals surface area contributed by atoms with Gasteiger partial charge in [-0.2, -0.15) is 4.98 Å². The molecule has 2 aromatic heterocycles. The van der Waals surface area contributed by atoms with Gasteiger partial charge in [-0.05, 0) is 44.7 Å². The third-order valence-electron chi connectivity index (χ3n) is 5.88. The Bertz CT molecular complexity index is 1070. The summed E-state index contributed by atoms with van der Waals surface area (Å²) in [5, 5.41) is 4.14. The van der Waals surface area contributed by atoms with Crippen LogP contribution in [0.3, 0.4) is 0 Å². The highest BCUT2D eigenvalue weighted by molar-refractivity contribution is 5.94. The van der Waals surface area contributed by atoms with E-state index in [-0.39, 0.29) is 17.5 Å². The lowest BCUT2D eigenvalue weighted by Gasteiger charge is -2.31. The van der Waals surface area contributed by atoms with E-state index < -0.39 is 6.04 Å². The minimum Gasteiger partial charge on any atom is -0.351 e. The zero-order valence-corrected chi connectivity index (χ0v) is 16.1. The number of nitrogens with zero attached hydrogens (tertiary/aromatic N) is 3. The Balaban J connectivity index is 1.79. The maximum absolute atomic E-state index is 13.1. The van der Waals surface area contributed by atoms with Gasteiger partial charge in [0.15, 0.2) is 5.65 Å². The number of fused-ring (bicyclic) bond motifs is 3. The van der Waals surface area contributed by atoms with Crippen LogP contribution in [0.15, 0.2) is 35.1 Å². The van der Waals surface area contributed by atoms with E-state index in [4.69, 9.17) is 0 Å². The fourth-order valence-electron chi connectivity index (χ4n) is 4.33. The van der Waals surface area contributed by atoms with Gasteiger partial charge in [0.25, 0.3) is 5.56 Å². The quantitative estimate of drug-likeness (QED) is 0.774. The van der Waals surface area contributed by atoms with Crippen molar-refractivity contribution >= 4 is 22.5 Å². The van der Waals surface area contributed by atoms with Gasteiger partial charge < -0.3 is 5.32 Å². The highest BCUT2D eigenvalue weighted by atomic mass is 16.2. The van der Waals surface area contributed by atoms with Gasteiger partial charge in [-0.15, -0.1) is 0 Å². The molecule has 1 aliphatic carbocycles. The first kappa shape index (κ1) is 17.8. The average molecular weight is 366 g/mol. The summed E-state index contributed by atoms with van der Waals surface area (Å²) in [6, 6.07) is 9.12. The second kappa shape index (κ2) is 6.83. The smallest absolute Gasteiger partial charge is 0.273 e. The summed E-state index contributed by atoms with van der Waals surface area (Å²) in [6.45, 7) is 6.00. The van der Waals surface area contributed by atoms with Gasteiger partial charge in [-0.1, -0.05) is 31.9 Å². The normalized spacial score (nSPS) is 21.4. The third-order valence-corrected chi connectivity index (χ3v) is 5.88. The molecule has 0 bridgehead atoms. The molecule has 0 aliphatic heterocycles. The zero-order valence-electron chi connectivity index (χ0n) is 16.1. The molecule has 1 aliphatic rings. The fourth-order valence-corrected chi connectivity index (χ4v) is 4.33. The number of aromatic nitrogens is 3. The number of carbonyl (C=O) groups excluding carboxylic acids is 1. The van der Waals surface area contributed by atoms with Crippen molar-refractivity contribution in [1.29, 1.82) is 0 Å². The van der Waals surface area contributed by atoms with Gasteiger partial charge in [0.05, 0.1) is 5.52 Å². The second-order valence-corrected chi connectivity index (χ2v) is 7.79. The molecule has 3 aromatic rings. The Hall–Kier alpha value is -2.63. The molecule has 3 atom stereocenters. The summed E-state index contributed by atoms with van der Waals surface area (Å²) in [5.41, 5.74) is 2.01. The summed E-state index contributed by atoms with van der Waals surface area (Å²) in [5.74, 6) is 0.515. The summed E-state index contributed by atoms with van der Waals surface area (Å²) in [4.78, 5) is 29.2. The standard InChI is InChI=1S/C21H26N4O2/c1-13-8-4-6-10-17(13)22-21(27)15(3)25-18-11-7-5-9-16(18)20-23-19(26)12-14(2)24(20)25/h5,7,9,11-13,15,17H,4,6,8,10H2,1-3H3,(H,22,27)/t13-,15-,17+/m1/s1. The van der Waals surface area contributed by atoms with Gasteiger partial charge >= 0.3 is 0 Å². The van der Waals surface area contributed by atoms with E-state index in [0.29, 0.717) is 11.6 Å². The molecule has 1 N–H and O–H groups in total. The average Bonchev–Trinajstić information content (AvgIpc) is 2.98. The Morgan fingerprint density at radius 1 is 1.26 bits per heavy atom. The Kier molecular flexibility index (Phi) is 4.50. The maximum atomic E-state index is 13.1. The molecule has 0 unspecified atom stereocenters. The number of hydrogen-bond donors (Lipinski definition) is 1. The topological polar surface area (TPSA) is 68.4 Å². The first-order valence-electron chi connectivity index (χ1n) is 9.77. The molecule has 27 heavy (non-hydrogen) atoms. The van der Waals surface area contributed by atoms with Crippen LogP contribution in [0, 0.1) is 12.8 Å². The molecule has 4 rings (SSSR count). The first-order chi connectivity index (χ1) is 13.0. The van der Waals surface area contributed by atoms with Crippen molar-refractivity contribution in [3.8, 4) is 0 Å². The predicted octanol–water partition coefficient (Wildman–Crippen LogP) is 3.21. The van der Waals surface area contributed by atoms with Crippen LogP contribution >= 0.6 is 0 Å². The fraction of sp³-hybridized carbons (Fsp3) is 0.476. The maximum Gasteiger partial charge on any atom is 0.273 e. The second-order valence-electron chi connectivity index (χ2n) is 7.79. The number of hydrogen-bond acceptors (Lipinski definition) is 3. The van der Waals surface area contributed by atoms with Crippen molar-refractivity contribution in [3.05, 3.63) is 46.4 Å². The number of amides is 1. The van der Waals surface area contributed by atoms with Crippen LogP contribution in [0.25, 0.3) is 16.6 Å². The number of aryl methyl sites for hydroxylation is 1. The SMILES string of the molecule is Cc1cc(=O)nc2c3ccccc3n([C@H](C)C(=O)N[C@H]3CCCC[C@H]3C)n12. The summed E-state index contributed by atoms with van der Waals surface area (Å²) >= 11 is 0. The largest absolute Gasteiger partial charge is 0.351 e. The molecule has 0 spiro atoms. The minimum absolute atomic E-state index is 0.00880. The van der Waals surface area contributed by atoms with Crippen LogP contribution in [0.2, 0.25) is 0 Å². The molecule has 1 fully saturated rings. The Labute approximate surface area is 158 Å². The lowest BCUT2D eigenvalue weighted by molar-refractivity contribution is -0.125. The molecule has 6 heteroatoms. The highest BCUT2D eigenvalue weighted by Gasteiger charge is 2.27. The lowest BCUT2D eigenvalue weighted by atomic mass is 9.86. The van der Waals surface area contributed by atoms with E-state index in [0.717, 1.165) is 23.0 Å². The van der Waals surface area contributed by atoms with E-state index in [1.807, 2.05) is 47.3 Å². The molecule has 6 nitrogen and oxygen atoms in total. The van der Waals surface area contributed by atoms with Crippen molar-refractivity contribution in [2.24, 2.45) is 5.92 Å². The number of para-hydroxylation sites is 1. The van der Waals surface area contributed by atoms with E-state index in [9.17, 15) is 9.59 Å². The van der Waals surface area contributed by atoms with Gasteiger partial charge in [0.1, 0.15) is 6.04 Å². The first-order valence-corrected chi connectivity index (χ1v) is 9.77. The summed E-state index contributed by atoms with van der Waals surface area (Å²) in [7, 11) is 0. The van der Waals surface area contributed by atoms with Gasteiger partial charge in [0, 0.05) is 23.2 Å². The Morgan fingerprint density at radius 2 is 2.00 bits per heavy atom. The van der Waals surface area contributed by atoms with Crippen LogP contribution in [-0.4, -0.2) is 26.1 Å². The number of carbonyl (C=O) groups is 1. The molecule has 1 amide bonds. The van der Waals surface area contributed by atoms with Crippen LogP contribution < -0.4 is 10.9 Å². The van der Waals surface area contributed by atoms with Crippen molar-refractivity contribution in [2.45, 2.75) is 58.5 Å². The van der Waals surface area contributed by atoms with Crippen LogP contribution in [0.4, 0.5) is 0 Å². The van der Waals surface area contributed by atoms with E-state index in [1.54, 1.807) is 0 Å². The van der Waals surface area contributed by atoms with Crippen LogP contribution in [0.1, 0.15) is 51.3 Å². The van der Waals surface area contributed by atoms with Crippen molar-refractivity contribution in [1.82, 2.24) is 19.5 Å². The third kappa shape index (κ3) is 3.03. The molecule has 0 saturated heterocycles. The zero-order chi connectivity index (χ0) is 19.1. The van der Waals surface area contributed by atoms with Gasteiger partial charge in [-0.3, -0.25) is 14.3 Å². The number of nitrogens with one attached hydrogen (secondary N) is 1. The van der Waals surface area contributed by atoms with Crippen LogP contribution in [0.5, 0.6) is 0 Å². The highest BCUT2D eigenvalue weighted by Crippen LogP contribution is 2.27. The minimum atomic E-state index is -0.412. The summed E-state index contributed by atoms with van der Waals surface area (Å²) < 4.78 is 3.84. The number of benzene rings is 1. The predicted molar refractivity (Wildman–Crippen MR) is 106 cm³/mol. The molecular weight excluding hydrogens is 340 g/mol. The van der Waals surface area contributed by atoms with Crippen molar-refractivity contribution in [3.63, 3.8) is 0 Å². The molecule has 2 heterocycles. The Morgan fingerprint density at radius 3 is 2.78 bits per heavy atom.